The van der Waals surface area contributed by atoms with Gasteiger partial charge in [-0.2, -0.15) is 0 Å². The normalized spacial score (nSPS) is 12.1. The lowest BCUT2D eigenvalue weighted by atomic mass is 10.0. The third-order valence-electron chi connectivity index (χ3n) is 2.74. The summed E-state index contributed by atoms with van der Waals surface area (Å²) >= 11 is 0. The van der Waals surface area contributed by atoms with Crippen LogP contribution in [0.1, 0.15) is 20.3 Å². The van der Waals surface area contributed by atoms with Crippen LogP contribution in [0.5, 0.6) is 0 Å². The lowest BCUT2D eigenvalue weighted by Crippen LogP contribution is -2.36. The molecule has 0 aliphatic carbocycles. The molecule has 0 saturated heterocycles. The quantitative estimate of drug-likeness (QED) is 0.638. The molecule has 0 heterocycles. The maximum Gasteiger partial charge on any atom is 0.248 e. The second-order valence-electron chi connectivity index (χ2n) is 4.56. The van der Waals surface area contributed by atoms with Crippen LogP contribution in [0.4, 0.5) is 0 Å². The Hall–Kier alpha value is -0.360. The van der Waals surface area contributed by atoms with Crippen LogP contribution >= 0.6 is 12.4 Å². The molecule has 0 aromatic carbocycles. The molecule has 0 aromatic heterocycles. The van der Waals surface area contributed by atoms with E-state index in [1.807, 2.05) is 0 Å². The van der Waals surface area contributed by atoms with E-state index in [1.165, 1.54) is 0 Å². The van der Waals surface area contributed by atoms with Gasteiger partial charge in [-0.15, -0.1) is 12.4 Å². The van der Waals surface area contributed by atoms with Crippen LogP contribution in [0.2, 0.25) is 0 Å². The number of rotatable bonds is 9. The highest BCUT2D eigenvalue weighted by Gasteiger charge is 2.12. The van der Waals surface area contributed by atoms with Gasteiger partial charge < -0.3 is 20.1 Å². The highest BCUT2D eigenvalue weighted by atomic mass is 35.5. The molecule has 1 amide bonds. The van der Waals surface area contributed by atoms with Gasteiger partial charge in [0.15, 0.2) is 0 Å². The molecule has 0 radical (unpaired) electrons. The number of ether oxygens (including phenoxy) is 2. The first-order chi connectivity index (χ1) is 7.99. The molecule has 2 N–H and O–H groups in total. The first-order valence-electron chi connectivity index (χ1n) is 6.05. The van der Waals surface area contributed by atoms with E-state index in [-0.39, 0.29) is 31.0 Å². The summed E-state index contributed by atoms with van der Waals surface area (Å²) < 4.78 is 9.99. The molecule has 5 nitrogen and oxygen atoms in total. The van der Waals surface area contributed by atoms with E-state index in [4.69, 9.17) is 15.2 Å². The van der Waals surface area contributed by atoms with E-state index >= 15 is 0 Å². The van der Waals surface area contributed by atoms with E-state index < -0.39 is 0 Å². The van der Waals surface area contributed by atoms with Crippen molar-refractivity contribution < 1.29 is 14.3 Å². The minimum absolute atomic E-state index is 0. The molecule has 1 unspecified atom stereocenters. The van der Waals surface area contributed by atoms with Crippen molar-refractivity contribution in [2.75, 3.05) is 40.5 Å². The molecule has 0 aliphatic rings. The summed E-state index contributed by atoms with van der Waals surface area (Å²) in [4.78, 5) is 13.3. The minimum Gasteiger partial charge on any atom is -0.382 e. The predicted molar refractivity (Wildman–Crippen MR) is 75.0 cm³/mol. The molecule has 0 spiro atoms. The van der Waals surface area contributed by atoms with Crippen LogP contribution in [-0.2, 0) is 14.3 Å². The monoisotopic (exact) mass is 282 g/mol. The summed E-state index contributed by atoms with van der Waals surface area (Å²) in [7, 11) is 3.37. The van der Waals surface area contributed by atoms with Gasteiger partial charge in [0.05, 0.1) is 13.2 Å². The zero-order chi connectivity index (χ0) is 13.3. The number of amides is 1. The number of carbonyl (C=O) groups is 1. The average Bonchev–Trinajstić information content (AvgIpc) is 2.30. The number of nitrogens with two attached hydrogens (primary N) is 1. The molecular weight excluding hydrogens is 256 g/mol. The van der Waals surface area contributed by atoms with Crippen molar-refractivity contribution >= 4 is 18.3 Å². The van der Waals surface area contributed by atoms with Gasteiger partial charge in [-0.1, -0.05) is 13.8 Å². The Labute approximate surface area is 116 Å². The van der Waals surface area contributed by atoms with Gasteiger partial charge in [0.1, 0.15) is 6.61 Å². The summed E-state index contributed by atoms with van der Waals surface area (Å²) in [6.45, 7) is 5.90. The molecular formula is C12H27ClN2O3. The van der Waals surface area contributed by atoms with Crippen LogP contribution in [0.3, 0.4) is 0 Å². The number of methoxy groups -OCH3 is 1. The van der Waals surface area contributed by atoms with Gasteiger partial charge in [0.2, 0.25) is 5.91 Å². The first kappa shape index (κ1) is 20.0. The Kier molecular flexibility index (Phi) is 13.0. The van der Waals surface area contributed by atoms with Crippen molar-refractivity contribution in [3.05, 3.63) is 0 Å². The topological polar surface area (TPSA) is 64.8 Å². The molecule has 0 aromatic rings. The van der Waals surface area contributed by atoms with Gasteiger partial charge in [0, 0.05) is 26.7 Å². The number of hydrogen-bond acceptors (Lipinski definition) is 4. The van der Waals surface area contributed by atoms with Crippen molar-refractivity contribution in [3.63, 3.8) is 0 Å². The number of hydrogen-bond donors (Lipinski definition) is 1. The maximum absolute atomic E-state index is 11.6. The first-order valence-corrected chi connectivity index (χ1v) is 6.05. The molecule has 6 heteroatoms. The molecule has 0 aliphatic heterocycles. The van der Waals surface area contributed by atoms with Crippen molar-refractivity contribution in [2.45, 2.75) is 26.3 Å². The van der Waals surface area contributed by atoms with E-state index in [9.17, 15) is 4.79 Å². The third-order valence-corrected chi connectivity index (χ3v) is 2.74. The van der Waals surface area contributed by atoms with E-state index in [1.54, 1.807) is 19.1 Å². The van der Waals surface area contributed by atoms with Gasteiger partial charge >= 0.3 is 0 Å². The minimum atomic E-state index is -0.0166. The van der Waals surface area contributed by atoms with E-state index in [0.717, 1.165) is 6.42 Å². The summed E-state index contributed by atoms with van der Waals surface area (Å²) in [6, 6.07) is 0.139. The smallest absolute Gasteiger partial charge is 0.248 e. The summed E-state index contributed by atoms with van der Waals surface area (Å²) in [6.07, 6.45) is 0.817. The maximum atomic E-state index is 11.6. The molecule has 1 atom stereocenters. The van der Waals surface area contributed by atoms with Gasteiger partial charge in [-0.3, -0.25) is 4.79 Å². The highest BCUT2D eigenvalue weighted by molar-refractivity contribution is 5.85. The number of likely N-dealkylation sites (N-methyl/N-ethyl adjacent to an activating group) is 1. The molecule has 18 heavy (non-hydrogen) atoms. The molecule has 0 saturated carbocycles. The van der Waals surface area contributed by atoms with Gasteiger partial charge in [0.25, 0.3) is 0 Å². The molecule has 110 valence electrons. The standard InChI is InChI=1S/C12H26N2O3.ClH/c1-10(2)11(13)5-6-14(3)12(15)9-17-8-7-16-4;/h10-11H,5-9,13H2,1-4H3;1H. The second kappa shape index (κ2) is 11.7. The van der Waals surface area contributed by atoms with Crippen molar-refractivity contribution in [1.29, 1.82) is 0 Å². The van der Waals surface area contributed by atoms with Crippen LogP contribution in [0.25, 0.3) is 0 Å². The lowest BCUT2D eigenvalue weighted by molar-refractivity contribution is -0.135. The van der Waals surface area contributed by atoms with Crippen molar-refractivity contribution in [1.82, 2.24) is 4.90 Å². The second-order valence-corrected chi connectivity index (χ2v) is 4.56. The fraction of sp³-hybridized carbons (Fsp3) is 0.917. The zero-order valence-electron chi connectivity index (χ0n) is 11.8. The van der Waals surface area contributed by atoms with Crippen molar-refractivity contribution in [3.8, 4) is 0 Å². The van der Waals surface area contributed by atoms with Crippen LogP contribution < -0.4 is 5.73 Å². The average molecular weight is 283 g/mol. The Balaban J connectivity index is 0. The van der Waals surface area contributed by atoms with E-state index in [2.05, 4.69) is 13.8 Å². The van der Waals surface area contributed by atoms with E-state index in [0.29, 0.717) is 25.7 Å². The number of halogens is 1. The predicted octanol–water partition coefficient (Wildman–Crippen LogP) is 0.903. The lowest BCUT2D eigenvalue weighted by Gasteiger charge is -2.21. The van der Waals surface area contributed by atoms with Crippen LogP contribution in [0.15, 0.2) is 0 Å². The summed E-state index contributed by atoms with van der Waals surface area (Å²) in [5.74, 6) is 0.425. The third kappa shape index (κ3) is 9.65. The fourth-order valence-electron chi connectivity index (χ4n) is 1.21. The number of carbonyl (C=O) groups excluding carboxylic acids is 1. The van der Waals surface area contributed by atoms with Gasteiger partial charge in [-0.05, 0) is 12.3 Å². The SMILES string of the molecule is COCCOCC(=O)N(C)CCC(N)C(C)C.Cl. The Bertz CT molecular complexity index is 215. The van der Waals surface area contributed by atoms with Gasteiger partial charge in [-0.25, -0.2) is 0 Å². The van der Waals surface area contributed by atoms with Crippen molar-refractivity contribution in [2.24, 2.45) is 11.7 Å². The Morgan fingerprint density at radius 3 is 2.44 bits per heavy atom. The fourth-order valence-corrected chi connectivity index (χ4v) is 1.21. The zero-order valence-corrected chi connectivity index (χ0v) is 12.7. The molecule has 0 rings (SSSR count). The summed E-state index contributed by atoms with van der Waals surface area (Å²) in [5.41, 5.74) is 5.92. The highest BCUT2D eigenvalue weighted by Crippen LogP contribution is 2.03. The number of nitrogens with zero attached hydrogens (tertiary/aromatic N) is 1. The molecule has 0 bridgehead atoms. The Morgan fingerprint density at radius 2 is 1.94 bits per heavy atom. The van der Waals surface area contributed by atoms with Crippen LogP contribution in [0, 0.1) is 5.92 Å². The largest absolute Gasteiger partial charge is 0.382 e. The van der Waals surface area contributed by atoms with Crippen LogP contribution in [-0.4, -0.2) is 57.4 Å². The summed E-state index contributed by atoms with van der Waals surface area (Å²) in [5, 5.41) is 0. The molecule has 0 fully saturated rings. The Morgan fingerprint density at radius 1 is 1.33 bits per heavy atom.